The Morgan fingerprint density at radius 3 is 1.88 bits per heavy atom. The first kappa shape index (κ1) is 17.5. The van der Waals surface area contributed by atoms with Crippen molar-refractivity contribution in [3.8, 4) is 0 Å². The van der Waals surface area contributed by atoms with E-state index in [-0.39, 0.29) is 12.1 Å². The van der Waals surface area contributed by atoms with Crippen molar-refractivity contribution >= 4 is 11.7 Å². The van der Waals surface area contributed by atoms with E-state index in [0.29, 0.717) is 11.8 Å². The van der Waals surface area contributed by atoms with Crippen LogP contribution in [-0.2, 0) is 12.8 Å². The summed E-state index contributed by atoms with van der Waals surface area (Å²) >= 11 is 0. The summed E-state index contributed by atoms with van der Waals surface area (Å²) in [6, 6.07) is 14.8. The van der Waals surface area contributed by atoms with Gasteiger partial charge in [-0.05, 0) is 46.9 Å². The number of benzene rings is 2. The smallest absolute Gasteiger partial charge is 0.319 e. The molecule has 3 nitrogen and oxygen atoms in total. The minimum atomic E-state index is -0.104. The normalized spacial score (nSPS) is 14.0. The molecule has 2 aromatic carbocycles. The Morgan fingerprint density at radius 1 is 0.880 bits per heavy atom. The number of anilines is 1. The third kappa shape index (κ3) is 3.87. The first-order valence-electron chi connectivity index (χ1n) is 9.22. The highest BCUT2D eigenvalue weighted by molar-refractivity contribution is 5.91. The lowest BCUT2D eigenvalue weighted by atomic mass is 9.93. The molecule has 132 valence electrons. The maximum atomic E-state index is 12.6. The van der Waals surface area contributed by atoms with E-state index in [4.69, 9.17) is 0 Å². The summed E-state index contributed by atoms with van der Waals surface area (Å²) in [7, 11) is 0. The van der Waals surface area contributed by atoms with Crippen molar-refractivity contribution < 1.29 is 4.79 Å². The number of urea groups is 1. The van der Waals surface area contributed by atoms with Crippen LogP contribution in [0.5, 0.6) is 0 Å². The molecule has 25 heavy (non-hydrogen) atoms. The van der Waals surface area contributed by atoms with Crippen LogP contribution < -0.4 is 10.6 Å². The lowest BCUT2D eigenvalue weighted by Gasteiger charge is -2.21. The summed E-state index contributed by atoms with van der Waals surface area (Å²) in [5.41, 5.74) is 6.05. The summed E-state index contributed by atoms with van der Waals surface area (Å²) in [6.45, 7) is 8.65. The van der Waals surface area contributed by atoms with Gasteiger partial charge in [-0.3, -0.25) is 0 Å². The molecule has 0 atom stereocenters. The van der Waals surface area contributed by atoms with Gasteiger partial charge in [0.2, 0.25) is 0 Å². The highest BCUT2D eigenvalue weighted by atomic mass is 16.2. The summed E-state index contributed by atoms with van der Waals surface area (Å²) in [5.74, 6) is 0.731. The molecule has 0 spiro atoms. The number of para-hydroxylation sites is 1. The van der Waals surface area contributed by atoms with Gasteiger partial charge in [-0.1, -0.05) is 70.2 Å². The van der Waals surface area contributed by atoms with Crippen LogP contribution in [0.4, 0.5) is 10.5 Å². The predicted molar refractivity (Wildman–Crippen MR) is 104 cm³/mol. The number of hydrogen-bond acceptors (Lipinski definition) is 1. The van der Waals surface area contributed by atoms with Crippen molar-refractivity contribution in [2.75, 3.05) is 5.32 Å². The number of amides is 2. The van der Waals surface area contributed by atoms with E-state index in [0.717, 1.165) is 18.5 Å². The van der Waals surface area contributed by atoms with E-state index in [2.05, 4.69) is 80.8 Å². The Labute approximate surface area is 150 Å². The molecule has 0 radical (unpaired) electrons. The Bertz CT molecular complexity index is 713. The molecular formula is C22H28N2O. The summed E-state index contributed by atoms with van der Waals surface area (Å²) in [5, 5.41) is 6.30. The predicted octanol–water partition coefficient (Wildman–Crippen LogP) is 5.22. The van der Waals surface area contributed by atoms with Gasteiger partial charge < -0.3 is 10.6 Å². The van der Waals surface area contributed by atoms with Crippen LogP contribution in [0.15, 0.2) is 42.5 Å². The van der Waals surface area contributed by atoms with Crippen molar-refractivity contribution in [2.24, 2.45) is 0 Å². The standard InChI is InChI=1S/C22H28N2O/c1-14(2)19-10-7-11-20(15(3)4)21(19)24-22(25)23-18-12-16-8-5-6-9-17(16)13-18/h5-11,14-15,18H,12-13H2,1-4H3,(H2,23,24,25). The zero-order chi connectivity index (χ0) is 18.0. The molecule has 0 saturated heterocycles. The van der Waals surface area contributed by atoms with E-state index >= 15 is 0 Å². The molecule has 0 heterocycles. The molecule has 0 fully saturated rings. The first-order valence-corrected chi connectivity index (χ1v) is 9.22. The first-order chi connectivity index (χ1) is 12.0. The zero-order valence-corrected chi connectivity index (χ0v) is 15.6. The molecule has 0 aromatic heterocycles. The van der Waals surface area contributed by atoms with Crippen LogP contribution in [0.1, 0.15) is 61.8 Å². The van der Waals surface area contributed by atoms with Crippen molar-refractivity contribution in [3.63, 3.8) is 0 Å². The second-order valence-electron chi connectivity index (χ2n) is 7.59. The molecule has 0 unspecified atom stereocenters. The van der Waals surface area contributed by atoms with Gasteiger partial charge in [0.05, 0.1) is 0 Å². The summed E-state index contributed by atoms with van der Waals surface area (Å²) in [4.78, 5) is 12.6. The maximum absolute atomic E-state index is 12.6. The van der Waals surface area contributed by atoms with Crippen molar-refractivity contribution in [1.29, 1.82) is 0 Å². The lowest BCUT2D eigenvalue weighted by molar-refractivity contribution is 0.248. The van der Waals surface area contributed by atoms with Crippen molar-refractivity contribution in [1.82, 2.24) is 5.32 Å². The Kier molecular flexibility index (Phi) is 5.12. The minimum absolute atomic E-state index is 0.104. The fourth-order valence-corrected chi connectivity index (χ4v) is 3.69. The highest BCUT2D eigenvalue weighted by Gasteiger charge is 2.23. The van der Waals surface area contributed by atoms with E-state index < -0.39 is 0 Å². The Morgan fingerprint density at radius 2 is 1.40 bits per heavy atom. The molecule has 1 aliphatic carbocycles. The molecule has 2 N–H and O–H groups in total. The molecule has 3 heteroatoms. The number of hydrogen-bond donors (Lipinski definition) is 2. The number of carbonyl (C=O) groups is 1. The second kappa shape index (κ2) is 7.30. The van der Waals surface area contributed by atoms with E-state index in [1.54, 1.807) is 0 Å². The van der Waals surface area contributed by atoms with Gasteiger partial charge in [0.1, 0.15) is 0 Å². The van der Waals surface area contributed by atoms with Crippen LogP contribution in [-0.4, -0.2) is 12.1 Å². The molecule has 2 aromatic rings. The number of nitrogens with one attached hydrogen (secondary N) is 2. The van der Waals surface area contributed by atoms with E-state index in [9.17, 15) is 4.79 Å². The number of rotatable bonds is 4. The lowest BCUT2D eigenvalue weighted by Crippen LogP contribution is -2.38. The number of carbonyl (C=O) groups excluding carboxylic acids is 1. The van der Waals surface area contributed by atoms with Gasteiger partial charge in [0, 0.05) is 11.7 Å². The molecule has 2 amide bonds. The second-order valence-corrected chi connectivity index (χ2v) is 7.59. The van der Waals surface area contributed by atoms with Crippen LogP contribution in [0, 0.1) is 0 Å². The molecule has 0 bridgehead atoms. The van der Waals surface area contributed by atoms with Gasteiger partial charge in [0.15, 0.2) is 0 Å². The molecule has 3 rings (SSSR count). The highest BCUT2D eigenvalue weighted by Crippen LogP contribution is 2.32. The maximum Gasteiger partial charge on any atom is 0.319 e. The average molecular weight is 336 g/mol. The van der Waals surface area contributed by atoms with Gasteiger partial charge in [-0.2, -0.15) is 0 Å². The monoisotopic (exact) mass is 336 g/mol. The van der Waals surface area contributed by atoms with Gasteiger partial charge in [0.25, 0.3) is 0 Å². The average Bonchev–Trinajstić information content (AvgIpc) is 2.96. The van der Waals surface area contributed by atoms with Gasteiger partial charge in [-0.25, -0.2) is 4.79 Å². The van der Waals surface area contributed by atoms with E-state index in [1.165, 1.54) is 22.3 Å². The Hall–Kier alpha value is -2.29. The summed E-state index contributed by atoms with van der Waals surface area (Å²) in [6.07, 6.45) is 1.82. The fourth-order valence-electron chi connectivity index (χ4n) is 3.69. The molecular weight excluding hydrogens is 308 g/mol. The molecule has 0 aliphatic heterocycles. The third-order valence-corrected chi connectivity index (χ3v) is 5.00. The van der Waals surface area contributed by atoms with Crippen LogP contribution in [0.2, 0.25) is 0 Å². The zero-order valence-electron chi connectivity index (χ0n) is 15.6. The van der Waals surface area contributed by atoms with E-state index in [1.807, 2.05) is 0 Å². The quantitative estimate of drug-likeness (QED) is 0.789. The van der Waals surface area contributed by atoms with Gasteiger partial charge in [-0.15, -0.1) is 0 Å². The summed E-state index contributed by atoms with van der Waals surface area (Å²) < 4.78 is 0. The van der Waals surface area contributed by atoms with Crippen LogP contribution in [0.25, 0.3) is 0 Å². The van der Waals surface area contributed by atoms with Gasteiger partial charge >= 0.3 is 6.03 Å². The molecule has 1 aliphatic rings. The Balaban J connectivity index is 1.73. The van der Waals surface area contributed by atoms with Crippen LogP contribution >= 0.6 is 0 Å². The fraction of sp³-hybridized carbons (Fsp3) is 0.409. The van der Waals surface area contributed by atoms with Crippen molar-refractivity contribution in [3.05, 3.63) is 64.7 Å². The van der Waals surface area contributed by atoms with Crippen LogP contribution in [0.3, 0.4) is 0 Å². The largest absolute Gasteiger partial charge is 0.334 e. The number of fused-ring (bicyclic) bond motifs is 1. The molecule has 0 saturated carbocycles. The van der Waals surface area contributed by atoms with Crippen molar-refractivity contribution in [2.45, 2.75) is 58.4 Å². The topological polar surface area (TPSA) is 41.1 Å². The third-order valence-electron chi connectivity index (χ3n) is 5.00. The minimum Gasteiger partial charge on any atom is -0.334 e. The SMILES string of the molecule is CC(C)c1cccc(C(C)C)c1NC(=O)NC1Cc2ccccc2C1.